The Kier molecular flexibility index (Phi) is 7.02. The van der Waals surface area contributed by atoms with Crippen molar-refractivity contribution < 1.29 is 31.5 Å². The molecular weight excluding hydrogens is 406 g/mol. The second-order valence-electron chi connectivity index (χ2n) is 6.31. The fourth-order valence-corrected chi connectivity index (χ4v) is 3.47. The second kappa shape index (κ2) is 9.08. The first kappa shape index (κ1) is 22.4. The van der Waals surface area contributed by atoms with Crippen LogP contribution in [0.4, 0.5) is 14.5 Å². The Labute approximate surface area is 168 Å². The third-order valence-electron chi connectivity index (χ3n) is 4.16. The molecule has 7 nitrogen and oxygen atoms in total. The number of hydrogen-bond acceptors (Lipinski definition) is 5. The van der Waals surface area contributed by atoms with E-state index in [2.05, 4.69) is 0 Å². The highest BCUT2D eigenvalue weighted by atomic mass is 32.2. The predicted molar refractivity (Wildman–Crippen MR) is 105 cm³/mol. The number of nitrogens with zero attached hydrogens (tertiary/aromatic N) is 2. The van der Waals surface area contributed by atoms with Crippen molar-refractivity contribution in [1.29, 1.82) is 0 Å². The average Bonchev–Trinajstić information content (AvgIpc) is 2.67. The normalized spacial score (nSPS) is 11.1. The molecule has 0 aliphatic rings. The molecule has 29 heavy (non-hydrogen) atoms. The number of rotatable bonds is 8. The van der Waals surface area contributed by atoms with Crippen LogP contribution in [0.2, 0.25) is 0 Å². The van der Waals surface area contributed by atoms with Gasteiger partial charge >= 0.3 is 0 Å². The highest BCUT2D eigenvalue weighted by Crippen LogP contribution is 2.28. The number of anilines is 1. The third kappa shape index (κ3) is 5.57. The zero-order chi connectivity index (χ0) is 21.8. The molecule has 0 N–H and O–H groups in total. The Bertz CT molecular complexity index is 998. The van der Waals surface area contributed by atoms with E-state index in [1.165, 1.54) is 26.2 Å². The Morgan fingerprint density at radius 1 is 1.00 bits per heavy atom. The quantitative estimate of drug-likeness (QED) is 0.646. The maximum Gasteiger partial charge on any atom is 0.243 e. The van der Waals surface area contributed by atoms with Crippen LogP contribution in [0.5, 0.6) is 11.5 Å². The first-order valence-electron chi connectivity index (χ1n) is 8.44. The van der Waals surface area contributed by atoms with E-state index in [0.29, 0.717) is 11.5 Å². The van der Waals surface area contributed by atoms with Crippen molar-refractivity contribution in [2.75, 3.05) is 38.4 Å². The van der Waals surface area contributed by atoms with Crippen LogP contribution < -0.4 is 13.8 Å². The fraction of sp³-hybridized carbons (Fsp3) is 0.316. The number of methoxy groups -OCH3 is 2. The van der Waals surface area contributed by atoms with Crippen molar-refractivity contribution in [2.24, 2.45) is 0 Å². The van der Waals surface area contributed by atoms with Crippen molar-refractivity contribution in [1.82, 2.24) is 4.90 Å². The van der Waals surface area contributed by atoms with Crippen molar-refractivity contribution in [3.63, 3.8) is 0 Å². The minimum absolute atomic E-state index is 0.140. The van der Waals surface area contributed by atoms with E-state index in [4.69, 9.17) is 9.47 Å². The lowest BCUT2D eigenvalue weighted by atomic mass is 10.2. The first-order valence-corrected chi connectivity index (χ1v) is 10.3. The van der Waals surface area contributed by atoms with Gasteiger partial charge in [0.2, 0.25) is 15.9 Å². The van der Waals surface area contributed by atoms with Gasteiger partial charge in [-0.2, -0.15) is 0 Å². The second-order valence-corrected chi connectivity index (χ2v) is 8.21. The van der Waals surface area contributed by atoms with E-state index in [-0.39, 0.29) is 12.2 Å². The monoisotopic (exact) mass is 428 g/mol. The third-order valence-corrected chi connectivity index (χ3v) is 5.30. The van der Waals surface area contributed by atoms with Gasteiger partial charge < -0.3 is 14.4 Å². The summed E-state index contributed by atoms with van der Waals surface area (Å²) in [4.78, 5) is 13.9. The van der Waals surface area contributed by atoms with E-state index >= 15 is 0 Å². The maximum atomic E-state index is 13.5. The summed E-state index contributed by atoms with van der Waals surface area (Å²) in [6.07, 6.45) is 0.885. The number of hydrogen-bond donors (Lipinski definition) is 0. The summed E-state index contributed by atoms with van der Waals surface area (Å²) in [5.74, 6) is -1.83. The van der Waals surface area contributed by atoms with E-state index in [1.54, 1.807) is 18.2 Å². The van der Waals surface area contributed by atoms with Crippen molar-refractivity contribution in [3.05, 3.63) is 53.6 Å². The minimum atomic E-state index is -3.91. The molecule has 0 saturated heterocycles. The fourth-order valence-electron chi connectivity index (χ4n) is 2.62. The summed E-state index contributed by atoms with van der Waals surface area (Å²) in [6, 6.07) is 7.78. The van der Waals surface area contributed by atoms with Crippen LogP contribution in [-0.2, 0) is 21.4 Å². The van der Waals surface area contributed by atoms with E-state index < -0.39 is 34.1 Å². The van der Waals surface area contributed by atoms with Gasteiger partial charge in [0.25, 0.3) is 0 Å². The summed E-state index contributed by atoms with van der Waals surface area (Å²) in [5, 5.41) is 0. The minimum Gasteiger partial charge on any atom is -0.493 e. The Morgan fingerprint density at radius 3 is 2.21 bits per heavy atom. The van der Waals surface area contributed by atoms with Crippen LogP contribution in [0.3, 0.4) is 0 Å². The summed E-state index contributed by atoms with van der Waals surface area (Å²) >= 11 is 0. The van der Waals surface area contributed by atoms with Crippen LogP contribution in [0.1, 0.15) is 5.56 Å². The molecule has 158 valence electrons. The molecule has 0 aromatic heterocycles. The smallest absolute Gasteiger partial charge is 0.243 e. The topological polar surface area (TPSA) is 76.2 Å². The van der Waals surface area contributed by atoms with E-state index in [9.17, 15) is 22.0 Å². The molecule has 0 fully saturated rings. The summed E-state index contributed by atoms with van der Waals surface area (Å²) < 4.78 is 62.0. The molecule has 0 saturated carbocycles. The van der Waals surface area contributed by atoms with Crippen LogP contribution >= 0.6 is 0 Å². The van der Waals surface area contributed by atoms with Crippen molar-refractivity contribution >= 4 is 21.6 Å². The number of likely N-dealkylation sites (N-methyl/N-ethyl adjacent to an activating group) is 1. The Hall–Kier alpha value is -2.88. The molecule has 2 aromatic rings. The van der Waals surface area contributed by atoms with Gasteiger partial charge in [-0.15, -0.1) is 0 Å². The Morgan fingerprint density at radius 2 is 1.66 bits per heavy atom. The first-order chi connectivity index (χ1) is 13.6. The van der Waals surface area contributed by atoms with Crippen LogP contribution in [0, 0.1) is 11.6 Å². The summed E-state index contributed by atoms with van der Waals surface area (Å²) in [6.45, 7) is -0.387. The summed E-state index contributed by atoms with van der Waals surface area (Å²) in [7, 11) is 0.590. The highest BCUT2D eigenvalue weighted by Gasteiger charge is 2.24. The highest BCUT2D eigenvalue weighted by molar-refractivity contribution is 7.92. The molecule has 2 aromatic carbocycles. The van der Waals surface area contributed by atoms with Gasteiger partial charge in [0.15, 0.2) is 23.1 Å². The molecular formula is C19H22F2N2O5S. The Balaban J connectivity index is 2.20. The molecule has 0 aliphatic heterocycles. The lowest BCUT2D eigenvalue weighted by Crippen LogP contribution is -2.41. The number of carbonyl (C=O) groups excluding carboxylic acids is 1. The standard InChI is InChI=1S/C19H22F2N2O5S/c1-22(11-13-5-8-17(27-2)18(9-13)28-3)19(24)12-23(29(4,25)26)14-6-7-15(20)16(21)10-14/h5-10H,11-12H2,1-4H3. The number of amides is 1. The molecule has 0 heterocycles. The molecule has 10 heteroatoms. The summed E-state index contributed by atoms with van der Waals surface area (Å²) in [5.41, 5.74) is 0.594. The molecule has 1 amide bonds. The van der Waals surface area contributed by atoms with Crippen LogP contribution in [-0.4, -0.2) is 53.3 Å². The SMILES string of the molecule is COc1ccc(CN(C)C(=O)CN(c2ccc(F)c(F)c2)S(C)(=O)=O)cc1OC. The maximum absolute atomic E-state index is 13.5. The van der Waals surface area contributed by atoms with Crippen molar-refractivity contribution in [3.8, 4) is 11.5 Å². The predicted octanol–water partition coefficient (Wildman–Crippen LogP) is 2.41. The zero-order valence-electron chi connectivity index (χ0n) is 16.5. The zero-order valence-corrected chi connectivity index (χ0v) is 17.3. The van der Waals surface area contributed by atoms with E-state index in [1.807, 2.05) is 0 Å². The molecule has 2 rings (SSSR count). The molecule has 0 bridgehead atoms. The number of ether oxygens (including phenoxy) is 2. The molecule has 0 unspecified atom stereocenters. The molecule has 0 aliphatic carbocycles. The van der Waals surface area contributed by atoms with Gasteiger partial charge in [0.1, 0.15) is 6.54 Å². The van der Waals surface area contributed by atoms with Crippen molar-refractivity contribution in [2.45, 2.75) is 6.54 Å². The molecule has 0 radical (unpaired) electrons. The number of carbonyl (C=O) groups is 1. The van der Waals surface area contributed by atoms with Gasteiger partial charge in [-0.3, -0.25) is 9.10 Å². The van der Waals surface area contributed by atoms with Gasteiger partial charge in [-0.05, 0) is 29.8 Å². The van der Waals surface area contributed by atoms with Gasteiger partial charge in [-0.1, -0.05) is 6.07 Å². The van der Waals surface area contributed by atoms with Crippen LogP contribution in [0.15, 0.2) is 36.4 Å². The molecule has 0 atom stereocenters. The lowest BCUT2D eigenvalue weighted by Gasteiger charge is -2.25. The van der Waals surface area contributed by atoms with Gasteiger partial charge in [-0.25, -0.2) is 17.2 Å². The molecule has 0 spiro atoms. The lowest BCUT2D eigenvalue weighted by molar-refractivity contribution is -0.128. The average molecular weight is 428 g/mol. The van der Waals surface area contributed by atoms with Gasteiger partial charge in [0, 0.05) is 19.7 Å². The number of sulfonamides is 1. The van der Waals surface area contributed by atoms with Crippen LogP contribution in [0.25, 0.3) is 0 Å². The van der Waals surface area contributed by atoms with E-state index in [0.717, 1.165) is 34.3 Å². The number of benzene rings is 2. The van der Waals surface area contributed by atoms with Gasteiger partial charge in [0.05, 0.1) is 26.2 Å². The number of halogens is 2. The largest absolute Gasteiger partial charge is 0.493 e.